The summed E-state index contributed by atoms with van der Waals surface area (Å²) in [5.41, 5.74) is -0.196. The summed E-state index contributed by atoms with van der Waals surface area (Å²) in [5.74, 6) is -0.737. The number of carbonyl (C=O) groups excluding carboxylic acids is 1. The van der Waals surface area contributed by atoms with E-state index in [0.29, 0.717) is 17.8 Å². The van der Waals surface area contributed by atoms with Crippen LogP contribution in [0.5, 0.6) is 5.88 Å². The van der Waals surface area contributed by atoms with Crippen LogP contribution in [-0.2, 0) is 11.3 Å². The number of hydrogen-bond acceptors (Lipinski definition) is 4. The van der Waals surface area contributed by atoms with Gasteiger partial charge in [-0.1, -0.05) is 19.3 Å². The van der Waals surface area contributed by atoms with Gasteiger partial charge in [-0.25, -0.2) is 4.68 Å². The summed E-state index contributed by atoms with van der Waals surface area (Å²) in [6.07, 6.45) is 3.42. The molecule has 3 unspecified atom stereocenters. The number of hydrogen-bond donors (Lipinski definition) is 2. The topological polar surface area (TPSA) is 93.5 Å². The third kappa shape index (κ3) is 5.63. The molecule has 3 atom stereocenters. The molecule has 10 heteroatoms. The Kier molecular flexibility index (Phi) is 6.38. The van der Waals surface area contributed by atoms with Crippen molar-refractivity contribution in [1.82, 2.24) is 15.1 Å². The van der Waals surface area contributed by atoms with Gasteiger partial charge in [0.25, 0.3) is 5.91 Å². The van der Waals surface area contributed by atoms with Crippen molar-refractivity contribution in [3.05, 3.63) is 11.8 Å². The first-order chi connectivity index (χ1) is 13.6. The Morgan fingerprint density at radius 3 is 2.55 bits per heavy atom. The molecule has 162 valence electrons. The van der Waals surface area contributed by atoms with Crippen molar-refractivity contribution in [3.8, 4) is 5.88 Å². The van der Waals surface area contributed by atoms with Crippen LogP contribution in [0.4, 0.5) is 13.2 Å². The number of aliphatic carboxylic acids is 1. The number of carboxylic acid groups (broad SMARTS) is 1. The Labute approximate surface area is 166 Å². The maximum atomic E-state index is 12.7. The van der Waals surface area contributed by atoms with Crippen molar-refractivity contribution >= 4 is 11.9 Å². The average Bonchev–Trinajstić information content (AvgIpc) is 3.00. The van der Waals surface area contributed by atoms with E-state index in [2.05, 4.69) is 10.4 Å². The number of amides is 1. The fourth-order valence-electron chi connectivity index (χ4n) is 4.67. The molecule has 2 bridgehead atoms. The lowest BCUT2D eigenvalue weighted by molar-refractivity contribution is -0.154. The number of carbonyl (C=O) groups is 2. The van der Waals surface area contributed by atoms with Gasteiger partial charge in [-0.15, -0.1) is 0 Å². The monoisotopic (exact) mass is 417 g/mol. The molecule has 7 nitrogen and oxygen atoms in total. The highest BCUT2D eigenvalue weighted by molar-refractivity contribution is 5.96. The molecule has 1 amide bonds. The number of halogens is 3. The van der Waals surface area contributed by atoms with Crippen LogP contribution in [0.2, 0.25) is 0 Å². The van der Waals surface area contributed by atoms with Gasteiger partial charge >= 0.3 is 12.1 Å². The smallest absolute Gasteiger partial charge is 0.422 e. The van der Waals surface area contributed by atoms with Crippen LogP contribution in [-0.4, -0.2) is 45.6 Å². The second kappa shape index (κ2) is 8.62. The minimum Gasteiger partial charge on any atom is -0.480 e. The van der Waals surface area contributed by atoms with Gasteiger partial charge in [-0.3, -0.25) is 9.59 Å². The van der Waals surface area contributed by atoms with E-state index in [-0.39, 0.29) is 11.6 Å². The van der Waals surface area contributed by atoms with Crippen molar-refractivity contribution in [2.45, 2.75) is 64.2 Å². The zero-order valence-electron chi connectivity index (χ0n) is 16.2. The lowest BCUT2D eigenvalue weighted by atomic mass is 9.66. The zero-order valence-corrected chi connectivity index (χ0v) is 16.2. The molecule has 0 spiro atoms. The van der Waals surface area contributed by atoms with Gasteiger partial charge < -0.3 is 15.2 Å². The van der Waals surface area contributed by atoms with Crippen LogP contribution in [0.25, 0.3) is 0 Å². The second-order valence-corrected chi connectivity index (χ2v) is 8.21. The molecule has 2 fully saturated rings. The van der Waals surface area contributed by atoms with Gasteiger partial charge in [0.15, 0.2) is 6.61 Å². The highest BCUT2D eigenvalue weighted by atomic mass is 19.4. The summed E-state index contributed by atoms with van der Waals surface area (Å²) in [5, 5.41) is 15.5. The average molecular weight is 417 g/mol. The quantitative estimate of drug-likeness (QED) is 0.711. The molecular formula is C19H26F3N3O4. The number of aromatic nitrogens is 2. The molecule has 0 aromatic carbocycles. The first-order valence-corrected chi connectivity index (χ1v) is 9.90. The van der Waals surface area contributed by atoms with E-state index in [1.807, 2.05) is 6.92 Å². The highest BCUT2D eigenvalue weighted by Gasteiger charge is 2.35. The second-order valence-electron chi connectivity index (χ2n) is 8.21. The number of alkyl halides is 3. The number of fused-ring (bicyclic) bond motifs is 2. The molecular weight excluding hydrogens is 391 g/mol. The van der Waals surface area contributed by atoms with Gasteiger partial charge in [-0.2, -0.15) is 18.3 Å². The maximum Gasteiger partial charge on any atom is 0.422 e. The SMILES string of the molecule is CC(NC(=O)c1cnn(CC(=O)O)c1OCC(F)(F)F)C1CC2CCCC(C2)C1. The van der Waals surface area contributed by atoms with Gasteiger partial charge in [-0.05, 0) is 43.9 Å². The van der Waals surface area contributed by atoms with E-state index in [1.54, 1.807) is 0 Å². The van der Waals surface area contributed by atoms with Crippen LogP contribution < -0.4 is 10.1 Å². The molecule has 2 N–H and O–H groups in total. The normalized spacial score (nSPS) is 25.3. The molecule has 1 aromatic rings. The summed E-state index contributed by atoms with van der Waals surface area (Å²) in [4.78, 5) is 23.7. The summed E-state index contributed by atoms with van der Waals surface area (Å²) < 4.78 is 43.2. The minimum absolute atomic E-state index is 0.149. The number of nitrogens with one attached hydrogen (secondary N) is 1. The Bertz CT molecular complexity index is 738. The third-order valence-corrected chi connectivity index (χ3v) is 5.92. The van der Waals surface area contributed by atoms with Crippen molar-refractivity contribution in [3.63, 3.8) is 0 Å². The molecule has 2 aliphatic carbocycles. The summed E-state index contributed by atoms with van der Waals surface area (Å²) >= 11 is 0. The van der Waals surface area contributed by atoms with E-state index in [4.69, 9.17) is 9.84 Å². The molecule has 0 saturated heterocycles. The zero-order chi connectivity index (χ0) is 21.2. The third-order valence-electron chi connectivity index (χ3n) is 5.92. The van der Waals surface area contributed by atoms with Crippen LogP contribution in [0, 0.1) is 17.8 Å². The van der Waals surface area contributed by atoms with Crippen LogP contribution in [0.15, 0.2) is 6.20 Å². The van der Waals surface area contributed by atoms with Gasteiger partial charge in [0.1, 0.15) is 12.1 Å². The molecule has 2 aliphatic rings. The predicted molar refractivity (Wildman–Crippen MR) is 96.5 cm³/mol. The van der Waals surface area contributed by atoms with Crippen LogP contribution in [0.3, 0.4) is 0 Å². The fraction of sp³-hybridized carbons (Fsp3) is 0.737. The Hall–Kier alpha value is -2.26. The van der Waals surface area contributed by atoms with Gasteiger partial charge in [0.05, 0.1) is 6.20 Å². The van der Waals surface area contributed by atoms with E-state index in [9.17, 15) is 22.8 Å². The van der Waals surface area contributed by atoms with E-state index in [0.717, 1.165) is 23.7 Å². The maximum absolute atomic E-state index is 12.7. The lowest BCUT2D eigenvalue weighted by Crippen LogP contribution is -2.42. The first-order valence-electron chi connectivity index (χ1n) is 9.90. The fourth-order valence-corrected chi connectivity index (χ4v) is 4.67. The molecule has 1 aromatic heterocycles. The number of ether oxygens (including phenoxy) is 1. The van der Waals surface area contributed by atoms with Gasteiger partial charge in [0, 0.05) is 6.04 Å². The number of carboxylic acids is 1. The largest absolute Gasteiger partial charge is 0.480 e. The summed E-state index contributed by atoms with van der Waals surface area (Å²) in [7, 11) is 0. The lowest BCUT2D eigenvalue weighted by Gasteiger charge is -2.41. The number of rotatable bonds is 7. The van der Waals surface area contributed by atoms with Crippen molar-refractivity contribution < 1.29 is 32.6 Å². The van der Waals surface area contributed by atoms with Crippen molar-refractivity contribution in [1.29, 1.82) is 0 Å². The van der Waals surface area contributed by atoms with Crippen molar-refractivity contribution in [2.75, 3.05) is 6.61 Å². The molecule has 29 heavy (non-hydrogen) atoms. The molecule has 1 heterocycles. The molecule has 0 aliphatic heterocycles. The summed E-state index contributed by atoms with van der Waals surface area (Å²) in [6, 6.07) is -0.149. The summed E-state index contributed by atoms with van der Waals surface area (Å²) in [6.45, 7) is -0.441. The molecule has 0 radical (unpaired) electrons. The predicted octanol–water partition coefficient (Wildman–Crippen LogP) is 3.24. The van der Waals surface area contributed by atoms with Gasteiger partial charge in [0.2, 0.25) is 5.88 Å². The van der Waals surface area contributed by atoms with Crippen LogP contribution in [0.1, 0.15) is 55.8 Å². The van der Waals surface area contributed by atoms with E-state index < -0.39 is 37.1 Å². The van der Waals surface area contributed by atoms with E-state index >= 15 is 0 Å². The van der Waals surface area contributed by atoms with E-state index in [1.165, 1.54) is 25.7 Å². The Morgan fingerprint density at radius 2 is 1.97 bits per heavy atom. The standard InChI is InChI=1S/C19H26F3N3O4/c1-11(14-6-12-3-2-4-13(5-12)7-14)24-17(28)15-8-23-25(9-16(26)27)18(15)29-10-19(20,21)22/h8,11-14H,2-7,9-10H2,1H3,(H,24,28)(H,26,27). The minimum atomic E-state index is -4.63. The van der Waals surface area contributed by atoms with Crippen LogP contribution >= 0.6 is 0 Å². The number of nitrogens with zero attached hydrogens (tertiary/aromatic N) is 2. The Morgan fingerprint density at radius 1 is 1.31 bits per heavy atom. The molecule has 2 saturated carbocycles. The molecule has 3 rings (SSSR count). The van der Waals surface area contributed by atoms with Crippen molar-refractivity contribution in [2.24, 2.45) is 17.8 Å². The first kappa shape index (κ1) is 21.4. The highest BCUT2D eigenvalue weighted by Crippen LogP contribution is 2.43. The Balaban J connectivity index is 1.70.